The molecule has 0 aliphatic rings. The zero-order valence-corrected chi connectivity index (χ0v) is 10.9. The van der Waals surface area contributed by atoms with E-state index in [4.69, 9.17) is 5.11 Å². The Labute approximate surface area is 114 Å². The molecule has 1 aromatic heterocycles. The van der Waals surface area contributed by atoms with Crippen molar-refractivity contribution in [2.24, 2.45) is 0 Å². The predicted octanol–water partition coefficient (Wildman–Crippen LogP) is 3.20. The molecule has 1 heterocycles. The number of carboxylic acids is 1. The Morgan fingerprint density at radius 2 is 2.15 bits per heavy atom. The molecule has 7 heteroatoms. The van der Waals surface area contributed by atoms with Crippen LogP contribution in [0, 0.1) is 0 Å². The predicted molar refractivity (Wildman–Crippen MR) is 68.9 cm³/mol. The Morgan fingerprint density at radius 1 is 1.50 bits per heavy atom. The van der Waals surface area contributed by atoms with Crippen LogP contribution in [0.2, 0.25) is 0 Å². The van der Waals surface area contributed by atoms with E-state index in [2.05, 4.69) is 11.6 Å². The minimum Gasteiger partial charge on any atom is -0.478 e. The molecule has 0 aliphatic carbocycles. The molecule has 0 fully saturated rings. The first kappa shape index (κ1) is 16.0. The minimum absolute atomic E-state index is 0.184. The van der Waals surface area contributed by atoms with Crippen LogP contribution in [0.25, 0.3) is 0 Å². The third kappa shape index (κ3) is 3.97. The number of halogens is 3. The molecule has 20 heavy (non-hydrogen) atoms. The lowest BCUT2D eigenvalue weighted by atomic mass is 10.2. The Hall–Kier alpha value is -2.05. The number of allylic oxidation sites excluding steroid dienone is 1. The van der Waals surface area contributed by atoms with Crippen molar-refractivity contribution in [2.75, 3.05) is 18.5 Å². The van der Waals surface area contributed by atoms with E-state index < -0.39 is 17.8 Å². The molecular formula is C13H15F3N2O2. The first-order valence-corrected chi connectivity index (χ1v) is 5.91. The summed E-state index contributed by atoms with van der Waals surface area (Å²) in [7, 11) is 1.51. The van der Waals surface area contributed by atoms with Gasteiger partial charge in [0.25, 0.3) is 0 Å². The fourth-order valence-corrected chi connectivity index (χ4v) is 1.64. The number of nitrogens with zero attached hydrogens (tertiary/aromatic N) is 2. The first-order chi connectivity index (χ1) is 9.27. The van der Waals surface area contributed by atoms with E-state index >= 15 is 0 Å². The van der Waals surface area contributed by atoms with Gasteiger partial charge in [0.05, 0.1) is 0 Å². The maximum atomic E-state index is 12.6. The average molecular weight is 288 g/mol. The summed E-state index contributed by atoms with van der Waals surface area (Å²) in [6.45, 7) is 3.93. The molecule has 0 aromatic carbocycles. The summed E-state index contributed by atoms with van der Waals surface area (Å²) in [6.07, 6.45) is -1.58. The monoisotopic (exact) mass is 288 g/mol. The number of carboxylic acid groups (broad SMARTS) is 1. The second-order valence-corrected chi connectivity index (χ2v) is 4.22. The summed E-state index contributed by atoms with van der Waals surface area (Å²) in [4.78, 5) is 15.9. The maximum absolute atomic E-state index is 12.6. The zero-order chi connectivity index (χ0) is 15.3. The van der Waals surface area contributed by atoms with Gasteiger partial charge in [0.1, 0.15) is 17.1 Å². The molecule has 1 N–H and O–H groups in total. The molecule has 0 amide bonds. The number of aromatic carboxylic acids is 1. The van der Waals surface area contributed by atoms with Gasteiger partial charge in [-0.1, -0.05) is 6.08 Å². The highest BCUT2D eigenvalue weighted by molar-refractivity contribution is 5.93. The summed E-state index contributed by atoms with van der Waals surface area (Å²) in [5.41, 5.74) is -1.35. The van der Waals surface area contributed by atoms with Crippen LogP contribution >= 0.6 is 0 Å². The number of hydrogen-bond acceptors (Lipinski definition) is 3. The molecule has 110 valence electrons. The Balaban J connectivity index is 3.11. The second kappa shape index (κ2) is 6.40. The van der Waals surface area contributed by atoms with E-state index in [1.54, 1.807) is 6.08 Å². The number of pyridine rings is 1. The van der Waals surface area contributed by atoms with Crippen LogP contribution in [0.3, 0.4) is 0 Å². The topological polar surface area (TPSA) is 53.4 Å². The average Bonchev–Trinajstić information content (AvgIpc) is 2.37. The van der Waals surface area contributed by atoms with Gasteiger partial charge < -0.3 is 10.0 Å². The molecule has 0 spiro atoms. The van der Waals surface area contributed by atoms with Crippen molar-refractivity contribution < 1.29 is 23.1 Å². The standard InChI is InChI=1S/C13H15F3N2O2/c1-3-4-5-8-18(2)11-9(12(19)20)6-7-10(17-11)13(14,15)16/h3,6-7H,1,4-5,8H2,2H3,(H,19,20). The maximum Gasteiger partial charge on any atom is 0.433 e. The molecule has 0 radical (unpaired) electrons. The lowest BCUT2D eigenvalue weighted by molar-refractivity contribution is -0.141. The van der Waals surface area contributed by atoms with Gasteiger partial charge in [0.2, 0.25) is 0 Å². The van der Waals surface area contributed by atoms with Crippen molar-refractivity contribution in [1.82, 2.24) is 4.98 Å². The molecule has 0 atom stereocenters. The van der Waals surface area contributed by atoms with Gasteiger partial charge in [-0.25, -0.2) is 9.78 Å². The Kier molecular flexibility index (Phi) is 5.12. The van der Waals surface area contributed by atoms with Gasteiger partial charge in [0.15, 0.2) is 0 Å². The minimum atomic E-state index is -4.60. The largest absolute Gasteiger partial charge is 0.478 e. The fraction of sp³-hybridized carbons (Fsp3) is 0.385. The normalized spacial score (nSPS) is 11.2. The highest BCUT2D eigenvalue weighted by atomic mass is 19.4. The van der Waals surface area contributed by atoms with Crippen LogP contribution in [0.5, 0.6) is 0 Å². The van der Waals surface area contributed by atoms with Crippen LogP contribution in [0.1, 0.15) is 28.9 Å². The highest BCUT2D eigenvalue weighted by Gasteiger charge is 2.34. The Morgan fingerprint density at radius 3 is 2.65 bits per heavy atom. The third-order valence-corrected chi connectivity index (χ3v) is 2.66. The van der Waals surface area contributed by atoms with Crippen molar-refractivity contribution in [3.8, 4) is 0 Å². The van der Waals surface area contributed by atoms with Gasteiger partial charge in [-0.05, 0) is 25.0 Å². The summed E-state index contributed by atoms with van der Waals surface area (Å²) in [6, 6.07) is 1.60. The fourth-order valence-electron chi connectivity index (χ4n) is 1.64. The molecule has 0 saturated heterocycles. The van der Waals surface area contributed by atoms with Gasteiger partial charge >= 0.3 is 12.1 Å². The number of carbonyl (C=O) groups is 1. The molecule has 0 unspecified atom stereocenters. The molecule has 4 nitrogen and oxygen atoms in total. The number of unbranched alkanes of at least 4 members (excludes halogenated alkanes) is 1. The van der Waals surface area contributed by atoms with E-state index in [-0.39, 0.29) is 11.4 Å². The zero-order valence-electron chi connectivity index (χ0n) is 10.9. The number of hydrogen-bond donors (Lipinski definition) is 1. The van der Waals surface area contributed by atoms with E-state index in [0.29, 0.717) is 25.5 Å². The van der Waals surface area contributed by atoms with E-state index in [1.807, 2.05) is 0 Å². The third-order valence-electron chi connectivity index (χ3n) is 2.66. The van der Waals surface area contributed by atoms with Crippen LogP contribution in [0.4, 0.5) is 19.0 Å². The number of aromatic nitrogens is 1. The SMILES string of the molecule is C=CCCCN(C)c1nc(C(F)(F)F)ccc1C(=O)O. The molecule has 0 saturated carbocycles. The first-order valence-electron chi connectivity index (χ1n) is 5.91. The van der Waals surface area contributed by atoms with Crippen molar-refractivity contribution in [1.29, 1.82) is 0 Å². The van der Waals surface area contributed by atoms with Crippen LogP contribution in [-0.4, -0.2) is 29.7 Å². The lowest BCUT2D eigenvalue weighted by Crippen LogP contribution is -2.24. The molecule has 1 aromatic rings. The summed E-state index contributed by atoms with van der Waals surface area (Å²) >= 11 is 0. The van der Waals surface area contributed by atoms with Crippen molar-refractivity contribution in [3.63, 3.8) is 0 Å². The second-order valence-electron chi connectivity index (χ2n) is 4.22. The quantitative estimate of drug-likeness (QED) is 0.645. The van der Waals surface area contributed by atoms with Crippen LogP contribution in [0.15, 0.2) is 24.8 Å². The number of alkyl halides is 3. The van der Waals surface area contributed by atoms with Gasteiger partial charge in [0, 0.05) is 13.6 Å². The summed E-state index contributed by atoms with van der Waals surface area (Å²) < 4.78 is 37.9. The van der Waals surface area contributed by atoms with Crippen molar-refractivity contribution in [2.45, 2.75) is 19.0 Å². The number of anilines is 1. The lowest BCUT2D eigenvalue weighted by Gasteiger charge is -2.21. The van der Waals surface area contributed by atoms with Gasteiger partial charge in [-0.15, -0.1) is 6.58 Å². The molecule has 0 aliphatic heterocycles. The highest BCUT2D eigenvalue weighted by Crippen LogP contribution is 2.30. The van der Waals surface area contributed by atoms with Crippen molar-refractivity contribution in [3.05, 3.63) is 36.0 Å². The van der Waals surface area contributed by atoms with Gasteiger partial charge in [-0.3, -0.25) is 0 Å². The molecule has 1 rings (SSSR count). The van der Waals surface area contributed by atoms with Crippen LogP contribution < -0.4 is 4.90 Å². The number of rotatable bonds is 6. The van der Waals surface area contributed by atoms with Crippen molar-refractivity contribution >= 4 is 11.8 Å². The molecule has 0 bridgehead atoms. The summed E-state index contributed by atoms with van der Waals surface area (Å²) in [5.74, 6) is -1.49. The van der Waals surface area contributed by atoms with Gasteiger partial charge in [-0.2, -0.15) is 13.2 Å². The van der Waals surface area contributed by atoms with E-state index in [9.17, 15) is 18.0 Å². The molecular weight excluding hydrogens is 273 g/mol. The van der Waals surface area contributed by atoms with E-state index in [0.717, 1.165) is 6.07 Å². The Bertz CT molecular complexity index is 501. The summed E-state index contributed by atoms with van der Waals surface area (Å²) in [5, 5.41) is 9.02. The van der Waals surface area contributed by atoms with Crippen LogP contribution in [-0.2, 0) is 6.18 Å². The van der Waals surface area contributed by atoms with E-state index in [1.165, 1.54) is 11.9 Å². The smallest absolute Gasteiger partial charge is 0.433 e.